The van der Waals surface area contributed by atoms with Crippen LogP contribution >= 0.6 is 0 Å². The lowest BCUT2D eigenvalue weighted by Crippen LogP contribution is -2.66. The van der Waals surface area contributed by atoms with E-state index in [0.29, 0.717) is 0 Å². The van der Waals surface area contributed by atoms with Crippen LogP contribution in [0.25, 0.3) is 0 Å². The molecule has 3 atom stereocenters. The molecule has 0 aromatic heterocycles. The number of carbonyl (C=O) groups is 1. The number of likely N-dealkylation sites (tertiary alicyclic amines) is 1. The molecule has 1 aliphatic heterocycles. The smallest absolute Gasteiger partial charge is 0.232 e. The molecule has 0 spiro atoms. The molecule has 158 valence electrons. The maximum Gasteiger partial charge on any atom is 0.232 e. The summed E-state index contributed by atoms with van der Waals surface area (Å²) in [6, 6.07) is 9.80. The fourth-order valence-electron chi connectivity index (χ4n) is 4.72. The summed E-state index contributed by atoms with van der Waals surface area (Å²) in [5.41, 5.74) is -0.246. The summed E-state index contributed by atoms with van der Waals surface area (Å²) < 4.78 is 0. The van der Waals surface area contributed by atoms with Crippen molar-refractivity contribution in [3.8, 4) is 0 Å². The predicted octanol–water partition coefficient (Wildman–Crippen LogP) is 0.891. The van der Waals surface area contributed by atoms with Crippen LogP contribution in [0.2, 0.25) is 0 Å². The highest BCUT2D eigenvalue weighted by atomic mass is 16.3. The Morgan fingerprint density at radius 1 is 1.04 bits per heavy atom. The molecule has 1 aromatic carbocycles. The van der Waals surface area contributed by atoms with Crippen LogP contribution in [0.5, 0.6) is 0 Å². The lowest BCUT2D eigenvalue weighted by molar-refractivity contribution is -0.162. The number of hydrogen-bond donors (Lipinski definition) is 1. The highest BCUT2D eigenvalue weighted by Gasteiger charge is 2.56. The van der Waals surface area contributed by atoms with Gasteiger partial charge in [-0.2, -0.15) is 0 Å². The third kappa shape index (κ3) is 4.92. The van der Waals surface area contributed by atoms with Crippen molar-refractivity contribution >= 4 is 5.91 Å². The number of benzene rings is 1. The molecule has 1 aromatic rings. The first-order valence-electron chi connectivity index (χ1n) is 10.0. The Hall–Kier alpha value is -1.47. The summed E-state index contributed by atoms with van der Waals surface area (Å²) in [6.45, 7) is 2.99. The van der Waals surface area contributed by atoms with Gasteiger partial charge in [-0.3, -0.25) is 4.79 Å². The average Bonchev–Trinajstić information content (AvgIpc) is 2.59. The van der Waals surface area contributed by atoms with E-state index in [-0.39, 0.29) is 17.7 Å². The van der Waals surface area contributed by atoms with Crippen molar-refractivity contribution in [1.29, 1.82) is 0 Å². The van der Waals surface area contributed by atoms with E-state index in [4.69, 9.17) is 0 Å². The van der Waals surface area contributed by atoms with Crippen molar-refractivity contribution in [1.82, 2.24) is 19.6 Å². The number of nitrogens with zero attached hydrogens (tertiary/aromatic N) is 4. The van der Waals surface area contributed by atoms with Crippen molar-refractivity contribution in [3.05, 3.63) is 35.9 Å². The number of amides is 1. The van der Waals surface area contributed by atoms with Gasteiger partial charge in [-0.25, -0.2) is 0 Å². The Labute approximate surface area is 170 Å². The lowest BCUT2D eigenvalue weighted by atomic mass is 9.63. The fourth-order valence-corrected chi connectivity index (χ4v) is 4.72. The zero-order chi connectivity index (χ0) is 21.1. The largest absolute Gasteiger partial charge is 0.388 e. The molecule has 1 aliphatic rings. The molecule has 0 unspecified atom stereocenters. The second-order valence-corrected chi connectivity index (χ2v) is 9.10. The molecule has 6 heteroatoms. The normalized spacial score (nSPS) is 23.8. The number of hydrogen-bond acceptors (Lipinski definition) is 5. The van der Waals surface area contributed by atoms with Crippen molar-refractivity contribution in [2.75, 3.05) is 75.5 Å². The first-order valence-corrected chi connectivity index (χ1v) is 10.0. The second kappa shape index (κ2) is 9.35. The second-order valence-electron chi connectivity index (χ2n) is 9.10. The van der Waals surface area contributed by atoms with E-state index in [1.54, 1.807) is 19.0 Å². The molecule has 0 radical (unpaired) electrons. The molecule has 1 fully saturated rings. The molecule has 1 saturated heterocycles. The van der Waals surface area contributed by atoms with Gasteiger partial charge in [0, 0.05) is 52.1 Å². The summed E-state index contributed by atoms with van der Waals surface area (Å²) in [7, 11) is 13.8. The predicted molar refractivity (Wildman–Crippen MR) is 114 cm³/mol. The Balaban J connectivity index is 2.63. The maximum absolute atomic E-state index is 13.4. The van der Waals surface area contributed by atoms with Crippen LogP contribution < -0.4 is 0 Å². The molecule has 0 bridgehead atoms. The number of likely N-dealkylation sites (N-methyl/N-ethyl adjacent to an activating group) is 1. The molecule has 0 saturated carbocycles. The van der Waals surface area contributed by atoms with Crippen LogP contribution in [0.15, 0.2) is 30.3 Å². The zero-order valence-electron chi connectivity index (χ0n) is 18.6. The van der Waals surface area contributed by atoms with E-state index in [1.807, 2.05) is 58.5 Å². The van der Waals surface area contributed by atoms with Crippen LogP contribution in [0.4, 0.5) is 0 Å². The quantitative estimate of drug-likeness (QED) is 0.749. The van der Waals surface area contributed by atoms with Crippen LogP contribution in [0, 0.1) is 11.8 Å². The van der Waals surface area contributed by atoms with Gasteiger partial charge in [-0.05, 0) is 40.8 Å². The van der Waals surface area contributed by atoms with Gasteiger partial charge in [0.15, 0.2) is 0 Å². The first kappa shape index (κ1) is 22.8. The minimum Gasteiger partial charge on any atom is -0.388 e. The van der Waals surface area contributed by atoms with Crippen molar-refractivity contribution in [3.63, 3.8) is 0 Å². The highest BCUT2D eigenvalue weighted by Crippen LogP contribution is 2.44. The average molecular weight is 391 g/mol. The van der Waals surface area contributed by atoms with Crippen molar-refractivity contribution in [2.45, 2.75) is 11.5 Å². The molecular weight excluding hydrogens is 352 g/mol. The van der Waals surface area contributed by atoms with Crippen molar-refractivity contribution < 1.29 is 9.90 Å². The monoisotopic (exact) mass is 390 g/mol. The molecule has 1 amide bonds. The fraction of sp³-hybridized carbons (Fsp3) is 0.682. The molecule has 1 heterocycles. The number of carbonyl (C=O) groups excluding carboxylic acids is 1. The molecule has 2 rings (SSSR count). The van der Waals surface area contributed by atoms with E-state index in [2.05, 4.69) is 21.7 Å². The standard InChI is InChI=1S/C22H38N4O2/c1-23(2)13-18-15-26(7)16-19(14-24(3)4)22(18,28)20(21(27)25(5)6)17-11-9-8-10-12-17/h8-12,18-20,28H,13-16H2,1-7H3/t18-,19-,20-/m0/s1. The van der Waals surface area contributed by atoms with E-state index < -0.39 is 11.5 Å². The minimum atomic E-state index is -1.14. The number of rotatable bonds is 7. The Morgan fingerprint density at radius 3 is 1.89 bits per heavy atom. The molecule has 6 nitrogen and oxygen atoms in total. The highest BCUT2D eigenvalue weighted by molar-refractivity contribution is 5.85. The summed E-state index contributed by atoms with van der Waals surface area (Å²) in [5, 5.41) is 12.4. The molecule has 1 N–H and O–H groups in total. The molecular formula is C22H38N4O2. The summed E-state index contributed by atoms with van der Waals surface area (Å²) >= 11 is 0. The Kier molecular flexibility index (Phi) is 7.62. The van der Waals surface area contributed by atoms with Gasteiger partial charge >= 0.3 is 0 Å². The Morgan fingerprint density at radius 2 is 1.50 bits per heavy atom. The van der Waals surface area contributed by atoms with E-state index in [0.717, 1.165) is 31.7 Å². The van der Waals surface area contributed by atoms with Gasteiger partial charge < -0.3 is 24.7 Å². The minimum absolute atomic E-state index is 0.0363. The van der Waals surface area contributed by atoms with Gasteiger partial charge in [0.05, 0.1) is 11.5 Å². The number of piperidine rings is 1. The summed E-state index contributed by atoms with van der Waals surface area (Å²) in [4.78, 5) is 21.6. The maximum atomic E-state index is 13.4. The third-order valence-electron chi connectivity index (χ3n) is 5.83. The van der Waals surface area contributed by atoms with Crippen molar-refractivity contribution in [2.24, 2.45) is 11.8 Å². The van der Waals surface area contributed by atoms with E-state index in [1.165, 1.54) is 0 Å². The summed E-state index contributed by atoms with van der Waals surface area (Å²) in [6.07, 6.45) is 0. The van der Waals surface area contributed by atoms with E-state index >= 15 is 0 Å². The lowest BCUT2D eigenvalue weighted by Gasteiger charge is -2.53. The van der Waals surface area contributed by atoms with Crippen LogP contribution in [-0.2, 0) is 4.79 Å². The topological polar surface area (TPSA) is 50.3 Å². The van der Waals surface area contributed by atoms with Gasteiger partial charge in [-0.1, -0.05) is 30.3 Å². The van der Waals surface area contributed by atoms with Gasteiger partial charge in [-0.15, -0.1) is 0 Å². The molecule has 28 heavy (non-hydrogen) atoms. The van der Waals surface area contributed by atoms with E-state index in [9.17, 15) is 9.90 Å². The van der Waals surface area contributed by atoms with Gasteiger partial charge in [0.25, 0.3) is 0 Å². The van der Waals surface area contributed by atoms with Gasteiger partial charge in [0.1, 0.15) is 0 Å². The summed E-state index contributed by atoms with van der Waals surface area (Å²) in [5.74, 6) is -0.710. The van der Waals surface area contributed by atoms with Crippen LogP contribution in [-0.4, -0.2) is 112 Å². The zero-order valence-corrected chi connectivity index (χ0v) is 18.6. The molecule has 0 aliphatic carbocycles. The van der Waals surface area contributed by atoms with Gasteiger partial charge in [0.2, 0.25) is 5.91 Å². The van der Waals surface area contributed by atoms with Crippen LogP contribution in [0.3, 0.4) is 0 Å². The Bertz CT molecular complexity index is 609. The number of aliphatic hydroxyl groups is 1. The third-order valence-corrected chi connectivity index (χ3v) is 5.83. The van der Waals surface area contributed by atoms with Crippen LogP contribution in [0.1, 0.15) is 11.5 Å². The first-order chi connectivity index (χ1) is 13.1. The SMILES string of the molecule is CN(C)C[C@H]1CN(C)C[C@H](CN(C)C)C1(O)[C@H](C(=O)N(C)C)c1ccccc1.